The normalized spacial score (nSPS) is 16.4. The minimum absolute atomic E-state index is 0.109. The zero-order valence-electron chi connectivity index (χ0n) is 12.8. The molecule has 0 spiro atoms. The fourth-order valence-corrected chi connectivity index (χ4v) is 2.92. The third-order valence-corrected chi connectivity index (χ3v) is 4.29. The van der Waals surface area contributed by atoms with Gasteiger partial charge in [0.2, 0.25) is 5.82 Å². The number of nitrogens with one attached hydrogen (secondary N) is 1. The number of nitrogens with zero attached hydrogens (tertiary/aromatic N) is 3. The standard InChI is InChI=1S/C16H16F2N4O2/c17-9-16(10-18)6-12(7-16)20-15-14(22(23)24)4-3-13(21-15)11-2-1-5-19-8-11/h1-5,8,12H,6-7,9-10H2,(H,20,21). The summed E-state index contributed by atoms with van der Waals surface area (Å²) in [5, 5.41) is 14.1. The van der Waals surface area contributed by atoms with Gasteiger partial charge in [-0.25, -0.2) is 4.98 Å². The highest BCUT2D eigenvalue weighted by Crippen LogP contribution is 2.44. The summed E-state index contributed by atoms with van der Waals surface area (Å²) in [6.07, 6.45) is 3.81. The molecule has 0 radical (unpaired) electrons. The summed E-state index contributed by atoms with van der Waals surface area (Å²) in [4.78, 5) is 19.0. The van der Waals surface area contributed by atoms with E-state index in [0.717, 1.165) is 5.56 Å². The molecule has 0 saturated heterocycles. The van der Waals surface area contributed by atoms with Crippen molar-refractivity contribution in [2.45, 2.75) is 18.9 Å². The molecule has 3 rings (SSSR count). The first kappa shape index (κ1) is 16.2. The molecule has 0 aromatic carbocycles. The minimum atomic E-state index is -0.951. The largest absolute Gasteiger partial charge is 0.362 e. The van der Waals surface area contributed by atoms with E-state index < -0.39 is 23.7 Å². The van der Waals surface area contributed by atoms with E-state index in [0.29, 0.717) is 5.69 Å². The van der Waals surface area contributed by atoms with Crippen LogP contribution in [-0.2, 0) is 0 Å². The van der Waals surface area contributed by atoms with Gasteiger partial charge in [-0.1, -0.05) is 0 Å². The molecule has 1 fully saturated rings. The van der Waals surface area contributed by atoms with Gasteiger partial charge in [0.1, 0.15) is 0 Å². The van der Waals surface area contributed by atoms with Crippen molar-refractivity contribution in [1.29, 1.82) is 0 Å². The average Bonchev–Trinajstić information content (AvgIpc) is 2.58. The molecule has 1 N–H and O–H groups in total. The second-order valence-corrected chi connectivity index (χ2v) is 6.08. The first-order valence-electron chi connectivity index (χ1n) is 7.51. The predicted molar refractivity (Wildman–Crippen MR) is 85.2 cm³/mol. The third kappa shape index (κ3) is 3.04. The highest BCUT2D eigenvalue weighted by Gasteiger charge is 2.45. The van der Waals surface area contributed by atoms with Crippen molar-refractivity contribution in [3.8, 4) is 11.3 Å². The molecule has 126 valence electrons. The Morgan fingerprint density at radius 2 is 2.04 bits per heavy atom. The molecule has 0 unspecified atom stereocenters. The summed E-state index contributed by atoms with van der Waals surface area (Å²) < 4.78 is 25.8. The van der Waals surface area contributed by atoms with E-state index in [9.17, 15) is 18.9 Å². The van der Waals surface area contributed by atoms with Gasteiger partial charge in [0.25, 0.3) is 0 Å². The molecule has 0 bridgehead atoms. The van der Waals surface area contributed by atoms with E-state index in [1.54, 1.807) is 30.6 Å². The molecular weight excluding hydrogens is 318 g/mol. The van der Waals surface area contributed by atoms with Gasteiger partial charge in [-0.2, -0.15) is 0 Å². The van der Waals surface area contributed by atoms with Crippen LogP contribution in [0.5, 0.6) is 0 Å². The number of anilines is 1. The van der Waals surface area contributed by atoms with E-state index in [-0.39, 0.29) is 30.4 Å². The lowest BCUT2D eigenvalue weighted by molar-refractivity contribution is -0.384. The Hall–Kier alpha value is -2.64. The molecular formula is C16H16F2N4O2. The molecule has 8 heteroatoms. The summed E-state index contributed by atoms with van der Waals surface area (Å²) in [6, 6.07) is 6.23. The van der Waals surface area contributed by atoms with Crippen LogP contribution in [0.2, 0.25) is 0 Å². The van der Waals surface area contributed by atoms with Crippen LogP contribution in [-0.4, -0.2) is 34.3 Å². The van der Waals surface area contributed by atoms with Gasteiger partial charge in [-0.15, -0.1) is 0 Å². The summed E-state index contributed by atoms with van der Waals surface area (Å²) in [5.74, 6) is 0.109. The van der Waals surface area contributed by atoms with Gasteiger partial charge in [-0.3, -0.25) is 23.9 Å². The average molecular weight is 334 g/mol. The molecule has 24 heavy (non-hydrogen) atoms. The zero-order valence-corrected chi connectivity index (χ0v) is 12.8. The zero-order chi connectivity index (χ0) is 17.2. The van der Waals surface area contributed by atoms with E-state index in [1.165, 1.54) is 6.07 Å². The van der Waals surface area contributed by atoms with Crippen molar-refractivity contribution in [1.82, 2.24) is 9.97 Å². The highest BCUT2D eigenvalue weighted by atomic mass is 19.1. The maximum Gasteiger partial charge on any atom is 0.311 e. The van der Waals surface area contributed by atoms with Crippen molar-refractivity contribution in [3.05, 3.63) is 46.8 Å². The first-order chi connectivity index (χ1) is 11.6. The van der Waals surface area contributed by atoms with Crippen LogP contribution in [0.25, 0.3) is 11.3 Å². The van der Waals surface area contributed by atoms with Crippen molar-refractivity contribution in [2.75, 3.05) is 18.7 Å². The summed E-state index contributed by atoms with van der Waals surface area (Å²) >= 11 is 0. The van der Waals surface area contributed by atoms with Gasteiger partial charge in [-0.05, 0) is 31.0 Å². The number of hydrogen-bond donors (Lipinski definition) is 1. The van der Waals surface area contributed by atoms with Crippen LogP contribution < -0.4 is 5.32 Å². The van der Waals surface area contributed by atoms with Crippen LogP contribution in [0.4, 0.5) is 20.3 Å². The molecule has 2 heterocycles. The lowest BCUT2D eigenvalue weighted by atomic mass is 9.67. The number of hydrogen-bond acceptors (Lipinski definition) is 5. The van der Waals surface area contributed by atoms with Gasteiger partial charge in [0.15, 0.2) is 0 Å². The Bertz CT molecular complexity index is 730. The smallest absolute Gasteiger partial charge is 0.311 e. The van der Waals surface area contributed by atoms with Crippen LogP contribution in [0.3, 0.4) is 0 Å². The first-order valence-corrected chi connectivity index (χ1v) is 7.51. The van der Waals surface area contributed by atoms with Gasteiger partial charge in [0, 0.05) is 35.5 Å². The molecule has 1 aliphatic carbocycles. The minimum Gasteiger partial charge on any atom is -0.362 e. The number of rotatable bonds is 6. The second kappa shape index (κ2) is 6.46. The van der Waals surface area contributed by atoms with E-state index in [1.807, 2.05) is 0 Å². The third-order valence-electron chi connectivity index (χ3n) is 4.29. The molecule has 1 saturated carbocycles. The fourth-order valence-electron chi connectivity index (χ4n) is 2.92. The topological polar surface area (TPSA) is 81.0 Å². The van der Waals surface area contributed by atoms with Crippen LogP contribution in [0.1, 0.15) is 12.8 Å². The number of alkyl halides is 2. The van der Waals surface area contributed by atoms with E-state index in [2.05, 4.69) is 15.3 Å². The van der Waals surface area contributed by atoms with E-state index >= 15 is 0 Å². The maximum atomic E-state index is 12.9. The van der Waals surface area contributed by atoms with Gasteiger partial charge < -0.3 is 5.32 Å². The van der Waals surface area contributed by atoms with Crippen LogP contribution in [0.15, 0.2) is 36.7 Å². The Balaban J connectivity index is 1.84. The lowest BCUT2D eigenvalue weighted by Gasteiger charge is -2.44. The van der Waals surface area contributed by atoms with E-state index in [4.69, 9.17) is 0 Å². The van der Waals surface area contributed by atoms with Crippen molar-refractivity contribution in [2.24, 2.45) is 5.41 Å². The molecule has 0 aliphatic heterocycles. The molecule has 2 aromatic heterocycles. The van der Waals surface area contributed by atoms with Gasteiger partial charge >= 0.3 is 5.69 Å². The SMILES string of the molecule is O=[N+]([O-])c1ccc(-c2cccnc2)nc1NC1CC(CF)(CF)C1. The number of halogens is 2. The molecule has 2 aromatic rings. The predicted octanol–water partition coefficient (Wildman–Crippen LogP) is 3.55. The molecule has 6 nitrogen and oxygen atoms in total. The molecule has 1 aliphatic rings. The number of nitro groups is 1. The maximum absolute atomic E-state index is 12.9. The number of pyridine rings is 2. The summed E-state index contributed by atoms with van der Waals surface area (Å²) in [6.45, 7) is -1.46. The molecule has 0 atom stereocenters. The molecule has 0 amide bonds. The van der Waals surface area contributed by atoms with Crippen molar-refractivity contribution >= 4 is 11.5 Å². The second-order valence-electron chi connectivity index (χ2n) is 6.08. The Morgan fingerprint density at radius 3 is 2.62 bits per heavy atom. The monoisotopic (exact) mass is 334 g/mol. The van der Waals surface area contributed by atoms with Crippen LogP contribution in [0, 0.1) is 15.5 Å². The fraction of sp³-hybridized carbons (Fsp3) is 0.375. The van der Waals surface area contributed by atoms with Gasteiger partial charge in [0.05, 0.1) is 24.0 Å². The lowest BCUT2D eigenvalue weighted by Crippen LogP contribution is -2.48. The number of aromatic nitrogens is 2. The van der Waals surface area contributed by atoms with Crippen molar-refractivity contribution in [3.63, 3.8) is 0 Å². The Labute approximate surface area is 137 Å². The summed E-state index contributed by atoms with van der Waals surface area (Å²) in [5.41, 5.74) is 0.150. The Morgan fingerprint density at radius 1 is 1.29 bits per heavy atom. The highest BCUT2D eigenvalue weighted by molar-refractivity contribution is 5.66. The quantitative estimate of drug-likeness (QED) is 0.645. The Kier molecular flexibility index (Phi) is 4.37. The van der Waals surface area contributed by atoms with Crippen molar-refractivity contribution < 1.29 is 13.7 Å². The van der Waals surface area contributed by atoms with Crippen LogP contribution >= 0.6 is 0 Å². The summed E-state index contributed by atoms with van der Waals surface area (Å²) in [7, 11) is 0.